The van der Waals surface area contributed by atoms with Crippen molar-refractivity contribution < 1.29 is 0 Å². The summed E-state index contributed by atoms with van der Waals surface area (Å²) in [5.74, 6) is 3.23. The Bertz CT molecular complexity index is 481. The van der Waals surface area contributed by atoms with Crippen LogP contribution in [0.2, 0.25) is 0 Å². The molecule has 102 valence electrons. The van der Waals surface area contributed by atoms with E-state index in [1.54, 1.807) is 0 Å². The molecule has 2 fully saturated rings. The Balaban J connectivity index is 1.68. The summed E-state index contributed by atoms with van der Waals surface area (Å²) in [5.41, 5.74) is 2.79. The van der Waals surface area contributed by atoms with Crippen molar-refractivity contribution in [3.05, 3.63) is 17.5 Å². The van der Waals surface area contributed by atoms with E-state index in [1.165, 1.54) is 30.5 Å². The zero-order chi connectivity index (χ0) is 12.8. The largest absolute Gasteiger partial charge is 0.338 e. The standard InChI is InChI=1S/C15H22N4/c1-10-8-11-2-3-12(11)14-13(10)9-17-15(18-14)19-6-4-16-5-7-19/h9-12,16H,2-8H2,1H3/t10-,11?,12-/m0/s1. The molecule has 3 aliphatic rings. The van der Waals surface area contributed by atoms with Gasteiger partial charge in [-0.25, -0.2) is 9.97 Å². The molecule has 1 aliphatic heterocycles. The smallest absolute Gasteiger partial charge is 0.225 e. The molecule has 1 saturated carbocycles. The Morgan fingerprint density at radius 2 is 2.11 bits per heavy atom. The molecule has 0 spiro atoms. The van der Waals surface area contributed by atoms with Crippen molar-refractivity contribution >= 4 is 5.95 Å². The van der Waals surface area contributed by atoms with Crippen LogP contribution >= 0.6 is 0 Å². The Morgan fingerprint density at radius 1 is 1.26 bits per heavy atom. The Labute approximate surface area is 114 Å². The van der Waals surface area contributed by atoms with Gasteiger partial charge in [0.2, 0.25) is 5.95 Å². The van der Waals surface area contributed by atoms with Gasteiger partial charge in [-0.15, -0.1) is 0 Å². The van der Waals surface area contributed by atoms with E-state index in [9.17, 15) is 0 Å². The van der Waals surface area contributed by atoms with Gasteiger partial charge in [0, 0.05) is 38.3 Å². The SMILES string of the molecule is C[C@H]1CC2CC[C@@H]2c2nc(N3CCNCC3)ncc21. The molecule has 1 unspecified atom stereocenters. The zero-order valence-corrected chi connectivity index (χ0v) is 11.6. The molecule has 1 aromatic heterocycles. The molecule has 0 amide bonds. The molecule has 4 heteroatoms. The van der Waals surface area contributed by atoms with Gasteiger partial charge >= 0.3 is 0 Å². The Kier molecular flexibility index (Phi) is 2.72. The Hall–Kier alpha value is -1.16. The highest BCUT2D eigenvalue weighted by atomic mass is 15.3. The average molecular weight is 258 g/mol. The van der Waals surface area contributed by atoms with Gasteiger partial charge in [0.25, 0.3) is 0 Å². The zero-order valence-electron chi connectivity index (χ0n) is 11.6. The van der Waals surface area contributed by atoms with Gasteiger partial charge in [-0.2, -0.15) is 0 Å². The maximum absolute atomic E-state index is 4.96. The van der Waals surface area contributed by atoms with Crippen LogP contribution in [-0.4, -0.2) is 36.1 Å². The summed E-state index contributed by atoms with van der Waals surface area (Å²) in [6, 6.07) is 0. The summed E-state index contributed by atoms with van der Waals surface area (Å²) in [5, 5.41) is 3.38. The van der Waals surface area contributed by atoms with E-state index in [1.807, 2.05) is 0 Å². The van der Waals surface area contributed by atoms with Crippen LogP contribution in [0.3, 0.4) is 0 Å². The normalized spacial score (nSPS) is 33.3. The summed E-state index contributed by atoms with van der Waals surface area (Å²) in [4.78, 5) is 11.9. The van der Waals surface area contributed by atoms with Crippen molar-refractivity contribution in [2.45, 2.75) is 38.0 Å². The fourth-order valence-electron chi connectivity index (χ4n) is 3.88. The van der Waals surface area contributed by atoms with Gasteiger partial charge in [0.15, 0.2) is 0 Å². The molecule has 0 radical (unpaired) electrons. The molecular weight excluding hydrogens is 236 g/mol. The highest BCUT2D eigenvalue weighted by molar-refractivity contribution is 5.39. The molecule has 1 N–H and O–H groups in total. The first kappa shape index (κ1) is 11.6. The first-order valence-electron chi connectivity index (χ1n) is 7.65. The minimum atomic E-state index is 0.647. The third kappa shape index (κ3) is 1.84. The van der Waals surface area contributed by atoms with Crippen LogP contribution in [0.15, 0.2) is 6.20 Å². The van der Waals surface area contributed by atoms with Crippen LogP contribution in [0.25, 0.3) is 0 Å². The fourth-order valence-corrected chi connectivity index (χ4v) is 3.88. The van der Waals surface area contributed by atoms with Gasteiger partial charge in [0.1, 0.15) is 0 Å². The van der Waals surface area contributed by atoms with Gasteiger partial charge in [-0.3, -0.25) is 0 Å². The number of piperazine rings is 1. The molecule has 4 nitrogen and oxygen atoms in total. The number of hydrogen-bond donors (Lipinski definition) is 1. The third-order valence-electron chi connectivity index (χ3n) is 5.19. The number of fused-ring (bicyclic) bond motifs is 3. The van der Waals surface area contributed by atoms with E-state index in [2.05, 4.69) is 28.3 Å². The van der Waals surface area contributed by atoms with E-state index >= 15 is 0 Å². The van der Waals surface area contributed by atoms with E-state index < -0.39 is 0 Å². The maximum atomic E-state index is 4.96. The van der Waals surface area contributed by atoms with Crippen LogP contribution in [0.5, 0.6) is 0 Å². The Morgan fingerprint density at radius 3 is 2.84 bits per heavy atom. The average Bonchev–Trinajstić information content (AvgIpc) is 2.43. The number of aromatic nitrogens is 2. The van der Waals surface area contributed by atoms with Crippen molar-refractivity contribution in [2.75, 3.05) is 31.1 Å². The summed E-state index contributed by atoms with van der Waals surface area (Å²) in [6.45, 7) is 6.48. The van der Waals surface area contributed by atoms with Crippen LogP contribution in [0, 0.1) is 5.92 Å². The monoisotopic (exact) mass is 258 g/mol. The second kappa shape index (κ2) is 4.44. The maximum Gasteiger partial charge on any atom is 0.225 e. The van der Waals surface area contributed by atoms with E-state index in [-0.39, 0.29) is 0 Å². The van der Waals surface area contributed by atoms with Gasteiger partial charge in [-0.1, -0.05) is 6.92 Å². The highest BCUT2D eigenvalue weighted by Gasteiger charge is 2.40. The van der Waals surface area contributed by atoms with Crippen LogP contribution in [0.1, 0.15) is 49.3 Å². The molecule has 1 saturated heterocycles. The molecule has 0 aromatic carbocycles. The molecule has 1 aromatic rings. The number of nitrogens with zero attached hydrogens (tertiary/aromatic N) is 3. The second-order valence-corrected chi connectivity index (χ2v) is 6.33. The summed E-state index contributed by atoms with van der Waals surface area (Å²) in [6.07, 6.45) is 6.19. The van der Waals surface area contributed by atoms with Gasteiger partial charge in [0.05, 0.1) is 5.69 Å². The predicted molar refractivity (Wildman–Crippen MR) is 75.6 cm³/mol. The van der Waals surface area contributed by atoms with Gasteiger partial charge < -0.3 is 10.2 Å². The molecule has 4 rings (SSSR count). The van der Waals surface area contributed by atoms with Crippen molar-refractivity contribution in [1.82, 2.24) is 15.3 Å². The van der Waals surface area contributed by atoms with E-state index in [4.69, 9.17) is 4.98 Å². The molecule has 2 aliphatic carbocycles. The minimum absolute atomic E-state index is 0.647. The van der Waals surface area contributed by atoms with Gasteiger partial charge in [-0.05, 0) is 36.7 Å². The van der Waals surface area contributed by atoms with Crippen molar-refractivity contribution in [1.29, 1.82) is 0 Å². The lowest BCUT2D eigenvalue weighted by Crippen LogP contribution is -2.44. The quantitative estimate of drug-likeness (QED) is 0.835. The number of anilines is 1. The first-order chi connectivity index (χ1) is 9.33. The first-order valence-corrected chi connectivity index (χ1v) is 7.65. The van der Waals surface area contributed by atoms with Crippen molar-refractivity contribution in [3.8, 4) is 0 Å². The lowest BCUT2D eigenvalue weighted by atomic mass is 9.62. The van der Waals surface area contributed by atoms with Crippen LogP contribution in [0.4, 0.5) is 5.95 Å². The lowest BCUT2D eigenvalue weighted by molar-refractivity contribution is 0.202. The molecular formula is C15H22N4. The second-order valence-electron chi connectivity index (χ2n) is 6.33. The van der Waals surface area contributed by atoms with Crippen molar-refractivity contribution in [3.63, 3.8) is 0 Å². The summed E-state index contributed by atoms with van der Waals surface area (Å²) in [7, 11) is 0. The summed E-state index contributed by atoms with van der Waals surface area (Å²) < 4.78 is 0. The highest BCUT2D eigenvalue weighted by Crippen LogP contribution is 2.52. The predicted octanol–water partition coefficient (Wildman–Crippen LogP) is 1.89. The number of hydrogen-bond acceptors (Lipinski definition) is 4. The topological polar surface area (TPSA) is 41.1 Å². The molecule has 3 atom stereocenters. The fraction of sp³-hybridized carbons (Fsp3) is 0.733. The van der Waals surface area contributed by atoms with Crippen LogP contribution < -0.4 is 10.2 Å². The molecule has 0 bridgehead atoms. The summed E-state index contributed by atoms with van der Waals surface area (Å²) >= 11 is 0. The molecule has 2 heterocycles. The number of nitrogens with one attached hydrogen (secondary N) is 1. The lowest BCUT2D eigenvalue weighted by Gasteiger charge is -2.43. The van der Waals surface area contributed by atoms with E-state index in [0.717, 1.165) is 44.0 Å². The molecule has 19 heavy (non-hydrogen) atoms. The minimum Gasteiger partial charge on any atom is -0.338 e. The third-order valence-corrected chi connectivity index (χ3v) is 5.19. The number of rotatable bonds is 1. The van der Waals surface area contributed by atoms with E-state index in [0.29, 0.717) is 5.92 Å². The van der Waals surface area contributed by atoms with Crippen molar-refractivity contribution in [2.24, 2.45) is 5.92 Å². The van der Waals surface area contributed by atoms with Crippen LogP contribution in [-0.2, 0) is 0 Å².